The molecule has 28 heavy (non-hydrogen) atoms. The monoisotopic (exact) mass is 406 g/mol. The highest BCUT2D eigenvalue weighted by Crippen LogP contribution is 2.25. The maximum Gasteiger partial charge on any atom is 0.341 e. The van der Waals surface area contributed by atoms with Gasteiger partial charge in [0.15, 0.2) is 17.4 Å². The van der Waals surface area contributed by atoms with E-state index in [2.05, 4.69) is 15.4 Å². The molecule has 144 valence electrons. The standard InChI is InChI=1S/C18H12F2N2O5S/c1-26-18(25)10-7-9(8-11(19)15(10)20)21-17(24)13-4-5-14(28-13)22-16(23)12-3-2-6-27-12/h2-8H,1H3,(H,21,24)(H,22,23). The number of amides is 2. The first kappa shape index (κ1) is 19.2. The number of carbonyl (C=O) groups excluding carboxylic acids is 3. The minimum Gasteiger partial charge on any atom is -0.465 e. The van der Waals surface area contributed by atoms with Gasteiger partial charge in [-0.05, 0) is 30.3 Å². The van der Waals surface area contributed by atoms with Crippen LogP contribution in [0.15, 0.2) is 47.1 Å². The van der Waals surface area contributed by atoms with Gasteiger partial charge in [0.25, 0.3) is 11.8 Å². The molecule has 0 unspecified atom stereocenters. The van der Waals surface area contributed by atoms with Crippen molar-refractivity contribution in [2.75, 3.05) is 17.7 Å². The van der Waals surface area contributed by atoms with Crippen molar-refractivity contribution in [2.45, 2.75) is 0 Å². The zero-order valence-electron chi connectivity index (χ0n) is 14.2. The van der Waals surface area contributed by atoms with Crippen molar-refractivity contribution >= 4 is 39.8 Å². The largest absolute Gasteiger partial charge is 0.465 e. The molecular formula is C18H12F2N2O5S. The van der Waals surface area contributed by atoms with Gasteiger partial charge >= 0.3 is 5.97 Å². The number of thiophene rings is 1. The van der Waals surface area contributed by atoms with E-state index in [0.717, 1.165) is 30.6 Å². The highest BCUT2D eigenvalue weighted by atomic mass is 32.1. The van der Waals surface area contributed by atoms with E-state index in [1.807, 2.05) is 0 Å². The van der Waals surface area contributed by atoms with Gasteiger partial charge in [-0.25, -0.2) is 13.6 Å². The van der Waals surface area contributed by atoms with E-state index in [-0.39, 0.29) is 16.3 Å². The van der Waals surface area contributed by atoms with Crippen LogP contribution in [0.4, 0.5) is 19.5 Å². The third-order valence-corrected chi connectivity index (χ3v) is 4.50. The Morgan fingerprint density at radius 2 is 1.86 bits per heavy atom. The summed E-state index contributed by atoms with van der Waals surface area (Å²) in [4.78, 5) is 36.0. The lowest BCUT2D eigenvalue weighted by Crippen LogP contribution is -2.13. The van der Waals surface area contributed by atoms with Crippen LogP contribution in [0.3, 0.4) is 0 Å². The topological polar surface area (TPSA) is 97.6 Å². The molecule has 2 amide bonds. The van der Waals surface area contributed by atoms with Crippen LogP contribution in [0.1, 0.15) is 30.6 Å². The molecule has 3 aromatic rings. The summed E-state index contributed by atoms with van der Waals surface area (Å²) in [6.07, 6.45) is 1.35. The number of nitrogens with one attached hydrogen (secondary N) is 2. The molecule has 3 rings (SSSR count). The number of anilines is 2. The van der Waals surface area contributed by atoms with Crippen molar-refractivity contribution in [1.29, 1.82) is 0 Å². The smallest absolute Gasteiger partial charge is 0.341 e. The lowest BCUT2D eigenvalue weighted by Gasteiger charge is -2.08. The summed E-state index contributed by atoms with van der Waals surface area (Å²) in [5, 5.41) is 5.31. The molecule has 2 N–H and O–H groups in total. The first-order chi connectivity index (χ1) is 13.4. The number of halogens is 2. The van der Waals surface area contributed by atoms with Crippen molar-refractivity contribution in [3.8, 4) is 0 Å². The average molecular weight is 406 g/mol. The molecule has 7 nitrogen and oxygen atoms in total. The van der Waals surface area contributed by atoms with Gasteiger partial charge in [0.2, 0.25) is 0 Å². The maximum absolute atomic E-state index is 13.7. The number of furan rings is 1. The number of hydrogen-bond donors (Lipinski definition) is 2. The van der Waals surface area contributed by atoms with Crippen LogP contribution >= 0.6 is 11.3 Å². The van der Waals surface area contributed by atoms with Gasteiger partial charge in [0.05, 0.1) is 23.3 Å². The van der Waals surface area contributed by atoms with Gasteiger partial charge < -0.3 is 19.8 Å². The molecule has 0 saturated heterocycles. The Kier molecular flexibility index (Phi) is 5.50. The number of rotatable bonds is 5. The number of benzene rings is 1. The third-order valence-electron chi connectivity index (χ3n) is 3.50. The normalized spacial score (nSPS) is 10.4. The molecule has 0 fully saturated rings. The molecule has 10 heteroatoms. The van der Waals surface area contributed by atoms with Crippen molar-refractivity contribution in [1.82, 2.24) is 0 Å². The fraction of sp³-hybridized carbons (Fsp3) is 0.0556. The second-order valence-electron chi connectivity index (χ2n) is 5.36. The predicted molar refractivity (Wildman–Crippen MR) is 96.6 cm³/mol. The quantitative estimate of drug-likeness (QED) is 0.626. The predicted octanol–water partition coefficient (Wildman–Crippen LogP) is 3.91. The fourth-order valence-electron chi connectivity index (χ4n) is 2.22. The Balaban J connectivity index is 1.73. The molecule has 0 saturated carbocycles. The van der Waals surface area contributed by atoms with E-state index in [9.17, 15) is 23.2 Å². The third kappa shape index (κ3) is 4.07. The molecule has 0 spiro atoms. The Morgan fingerprint density at radius 1 is 1.07 bits per heavy atom. The minimum atomic E-state index is -1.37. The summed E-state index contributed by atoms with van der Waals surface area (Å²) in [5.74, 6) is -4.77. The summed E-state index contributed by atoms with van der Waals surface area (Å²) in [7, 11) is 1.02. The van der Waals surface area contributed by atoms with Crippen LogP contribution in [-0.4, -0.2) is 24.9 Å². The average Bonchev–Trinajstić information content (AvgIpc) is 3.35. The molecule has 0 aliphatic rings. The second kappa shape index (κ2) is 8.01. The van der Waals surface area contributed by atoms with Gasteiger partial charge in [-0.3, -0.25) is 9.59 Å². The second-order valence-corrected chi connectivity index (χ2v) is 6.44. The van der Waals surface area contributed by atoms with Crippen molar-refractivity contribution in [3.05, 3.63) is 70.5 Å². The van der Waals surface area contributed by atoms with Gasteiger partial charge in [-0.2, -0.15) is 0 Å². The summed E-state index contributed by atoms with van der Waals surface area (Å²) in [6.45, 7) is 0. The first-order valence-electron chi connectivity index (χ1n) is 7.72. The van der Waals surface area contributed by atoms with E-state index in [1.54, 1.807) is 6.07 Å². The van der Waals surface area contributed by atoms with Crippen LogP contribution in [0.5, 0.6) is 0 Å². The van der Waals surface area contributed by atoms with E-state index >= 15 is 0 Å². The number of ether oxygens (including phenoxy) is 1. The van der Waals surface area contributed by atoms with Gasteiger partial charge in [0, 0.05) is 11.8 Å². The number of esters is 1. The highest BCUT2D eigenvalue weighted by molar-refractivity contribution is 7.18. The Bertz CT molecular complexity index is 1050. The number of methoxy groups -OCH3 is 1. The molecule has 0 aliphatic carbocycles. The lowest BCUT2D eigenvalue weighted by molar-refractivity contribution is 0.0594. The maximum atomic E-state index is 13.7. The lowest BCUT2D eigenvalue weighted by atomic mass is 10.1. The van der Waals surface area contributed by atoms with Crippen LogP contribution < -0.4 is 10.6 Å². The summed E-state index contributed by atoms with van der Waals surface area (Å²) in [5.41, 5.74) is -0.769. The molecular weight excluding hydrogens is 394 g/mol. The molecule has 2 heterocycles. The Hall–Kier alpha value is -3.53. The number of carbonyl (C=O) groups is 3. The van der Waals surface area contributed by atoms with Gasteiger partial charge in [-0.1, -0.05) is 0 Å². The Labute approximate surface area is 160 Å². The van der Waals surface area contributed by atoms with Crippen molar-refractivity contribution in [2.24, 2.45) is 0 Å². The van der Waals surface area contributed by atoms with Gasteiger partial charge in [0.1, 0.15) is 5.56 Å². The zero-order chi connectivity index (χ0) is 20.3. The van der Waals surface area contributed by atoms with E-state index in [1.165, 1.54) is 24.5 Å². The van der Waals surface area contributed by atoms with Crippen LogP contribution in [-0.2, 0) is 4.74 Å². The van der Waals surface area contributed by atoms with E-state index in [4.69, 9.17) is 4.42 Å². The summed E-state index contributed by atoms with van der Waals surface area (Å²) in [6, 6.07) is 7.71. The number of hydrogen-bond acceptors (Lipinski definition) is 6. The van der Waals surface area contributed by atoms with Crippen molar-refractivity contribution < 1.29 is 32.3 Å². The van der Waals surface area contributed by atoms with E-state index in [0.29, 0.717) is 5.00 Å². The van der Waals surface area contributed by atoms with Crippen LogP contribution in [0, 0.1) is 11.6 Å². The minimum absolute atomic E-state index is 0.108. The van der Waals surface area contributed by atoms with E-state index < -0.39 is 35.0 Å². The van der Waals surface area contributed by atoms with Crippen molar-refractivity contribution in [3.63, 3.8) is 0 Å². The Morgan fingerprint density at radius 3 is 2.54 bits per heavy atom. The zero-order valence-corrected chi connectivity index (χ0v) is 15.1. The fourth-order valence-corrected chi connectivity index (χ4v) is 3.02. The first-order valence-corrected chi connectivity index (χ1v) is 8.54. The molecule has 2 aromatic heterocycles. The summed E-state index contributed by atoms with van der Waals surface area (Å²) >= 11 is 0.963. The van der Waals surface area contributed by atoms with Crippen LogP contribution in [0.25, 0.3) is 0 Å². The van der Waals surface area contributed by atoms with Gasteiger partial charge in [-0.15, -0.1) is 11.3 Å². The highest BCUT2D eigenvalue weighted by Gasteiger charge is 2.19. The molecule has 0 radical (unpaired) electrons. The SMILES string of the molecule is COC(=O)c1cc(NC(=O)c2ccc(NC(=O)c3ccco3)s2)cc(F)c1F. The summed E-state index contributed by atoms with van der Waals surface area (Å²) < 4.78 is 36.7. The molecule has 0 bridgehead atoms. The molecule has 0 atom stereocenters. The molecule has 0 aliphatic heterocycles. The molecule has 1 aromatic carbocycles. The van der Waals surface area contributed by atoms with Crippen LogP contribution in [0.2, 0.25) is 0 Å².